The maximum absolute atomic E-state index is 12.6. The number of rotatable bonds is 5. The van der Waals surface area contributed by atoms with E-state index in [2.05, 4.69) is 56.0 Å². The number of nitrogens with one attached hydrogen (secondary N) is 1. The van der Waals surface area contributed by atoms with Gasteiger partial charge in [-0.05, 0) is 80.1 Å². The average Bonchev–Trinajstić information content (AvgIpc) is 2.56. The molecule has 0 saturated heterocycles. The van der Waals surface area contributed by atoms with Crippen molar-refractivity contribution in [2.24, 2.45) is 0 Å². The first-order valence-electron chi connectivity index (χ1n) is 7.86. The van der Waals surface area contributed by atoms with E-state index in [1.165, 1.54) is 5.56 Å². The predicted octanol–water partition coefficient (Wildman–Crippen LogP) is 5.78. The highest BCUT2D eigenvalue weighted by molar-refractivity contribution is 9.11. The second kappa shape index (κ2) is 8.62. The Morgan fingerprint density at radius 3 is 2.29 bits per heavy atom. The van der Waals surface area contributed by atoms with Crippen LogP contribution in [0.3, 0.4) is 0 Å². The van der Waals surface area contributed by atoms with Gasteiger partial charge in [-0.1, -0.05) is 13.8 Å². The molecule has 0 saturated carbocycles. The van der Waals surface area contributed by atoms with Crippen molar-refractivity contribution in [3.05, 3.63) is 56.7 Å². The Morgan fingerprint density at radius 2 is 1.79 bits per heavy atom. The summed E-state index contributed by atoms with van der Waals surface area (Å²) in [6.07, 6.45) is 3.47. The second-order valence-corrected chi connectivity index (χ2v) is 7.52. The van der Waals surface area contributed by atoms with Crippen LogP contribution in [0, 0.1) is 0 Å². The minimum atomic E-state index is -0.131. The number of nitrogens with zero attached hydrogens (tertiary/aromatic N) is 2. The second-order valence-electron chi connectivity index (χ2n) is 5.81. The highest BCUT2D eigenvalue weighted by Gasteiger charge is 2.16. The molecule has 0 atom stereocenters. The molecule has 1 aromatic heterocycles. The summed E-state index contributed by atoms with van der Waals surface area (Å²) in [5.41, 5.74) is 3.00. The lowest BCUT2D eigenvalue weighted by Crippen LogP contribution is -2.34. The zero-order valence-corrected chi connectivity index (χ0v) is 17.2. The van der Waals surface area contributed by atoms with Crippen molar-refractivity contribution < 1.29 is 4.79 Å². The molecular weight excluding hydrogens is 434 g/mol. The molecule has 1 N–H and O–H groups in total. The number of hydrogen-bond acceptors (Lipinski definition) is 2. The van der Waals surface area contributed by atoms with Crippen molar-refractivity contribution in [1.29, 1.82) is 0 Å². The average molecular weight is 455 g/mol. The van der Waals surface area contributed by atoms with Gasteiger partial charge < -0.3 is 10.2 Å². The van der Waals surface area contributed by atoms with E-state index in [9.17, 15) is 4.79 Å². The van der Waals surface area contributed by atoms with Crippen LogP contribution in [0.15, 0.2) is 45.6 Å². The molecule has 24 heavy (non-hydrogen) atoms. The van der Waals surface area contributed by atoms with Gasteiger partial charge in [0, 0.05) is 34.4 Å². The predicted molar refractivity (Wildman–Crippen MR) is 105 cm³/mol. The fourth-order valence-corrected chi connectivity index (χ4v) is 3.69. The summed E-state index contributed by atoms with van der Waals surface area (Å²) in [6, 6.07) is 7.79. The molecule has 0 unspecified atom stereocenters. The first-order valence-corrected chi connectivity index (χ1v) is 9.44. The molecule has 0 spiro atoms. The van der Waals surface area contributed by atoms with Gasteiger partial charge in [-0.2, -0.15) is 0 Å². The number of hydrogen-bond donors (Lipinski definition) is 1. The third kappa shape index (κ3) is 4.80. The van der Waals surface area contributed by atoms with E-state index in [1.807, 2.05) is 31.2 Å². The Balaban J connectivity index is 2.15. The number of anilines is 1. The number of pyridine rings is 1. The SMILES string of the molecule is CCN(Cc1ccncc1)C(=O)Nc1c(Br)cc(C(C)C)cc1Br. The third-order valence-corrected chi connectivity index (χ3v) is 5.01. The summed E-state index contributed by atoms with van der Waals surface area (Å²) in [6.45, 7) is 7.41. The molecule has 1 heterocycles. The Kier molecular flexibility index (Phi) is 6.80. The summed E-state index contributed by atoms with van der Waals surface area (Å²) in [7, 11) is 0. The summed E-state index contributed by atoms with van der Waals surface area (Å²) in [5, 5.41) is 2.99. The minimum Gasteiger partial charge on any atom is -0.320 e. The first-order chi connectivity index (χ1) is 11.4. The lowest BCUT2D eigenvalue weighted by Gasteiger charge is -2.22. The molecule has 0 aliphatic heterocycles. The number of carbonyl (C=O) groups is 1. The monoisotopic (exact) mass is 453 g/mol. The Hall–Kier alpha value is -1.40. The third-order valence-electron chi connectivity index (χ3n) is 3.75. The topological polar surface area (TPSA) is 45.2 Å². The van der Waals surface area contributed by atoms with Crippen molar-refractivity contribution in [2.45, 2.75) is 33.2 Å². The van der Waals surface area contributed by atoms with Gasteiger partial charge in [0.25, 0.3) is 0 Å². The molecule has 0 fully saturated rings. The molecule has 2 rings (SSSR count). The van der Waals surface area contributed by atoms with E-state index in [4.69, 9.17) is 0 Å². The van der Waals surface area contributed by atoms with Crippen LogP contribution in [0.2, 0.25) is 0 Å². The lowest BCUT2D eigenvalue weighted by atomic mass is 10.0. The zero-order valence-electron chi connectivity index (χ0n) is 14.0. The van der Waals surface area contributed by atoms with Crippen LogP contribution in [0.4, 0.5) is 10.5 Å². The maximum Gasteiger partial charge on any atom is 0.322 e. The Labute approximate surface area is 159 Å². The van der Waals surface area contributed by atoms with Crippen LogP contribution in [-0.2, 0) is 6.54 Å². The van der Waals surface area contributed by atoms with E-state index in [0.717, 1.165) is 20.2 Å². The van der Waals surface area contributed by atoms with Gasteiger partial charge in [0.05, 0.1) is 5.69 Å². The molecule has 2 aromatic rings. The number of aromatic nitrogens is 1. The van der Waals surface area contributed by atoms with Gasteiger partial charge in [-0.25, -0.2) is 4.79 Å². The fourth-order valence-electron chi connectivity index (χ4n) is 2.27. The van der Waals surface area contributed by atoms with Crippen molar-refractivity contribution >= 4 is 43.6 Å². The molecular formula is C18H21Br2N3O. The van der Waals surface area contributed by atoms with E-state index in [-0.39, 0.29) is 6.03 Å². The molecule has 0 bridgehead atoms. The molecule has 2 amide bonds. The zero-order chi connectivity index (χ0) is 17.7. The normalized spacial score (nSPS) is 10.8. The first kappa shape index (κ1) is 18.9. The highest BCUT2D eigenvalue weighted by Crippen LogP contribution is 2.35. The van der Waals surface area contributed by atoms with E-state index in [0.29, 0.717) is 19.0 Å². The van der Waals surface area contributed by atoms with E-state index in [1.54, 1.807) is 17.3 Å². The van der Waals surface area contributed by atoms with Gasteiger partial charge in [0.15, 0.2) is 0 Å². The molecule has 4 nitrogen and oxygen atoms in total. The summed E-state index contributed by atoms with van der Waals surface area (Å²) in [4.78, 5) is 18.4. The van der Waals surface area contributed by atoms with Crippen LogP contribution >= 0.6 is 31.9 Å². The van der Waals surface area contributed by atoms with Crippen LogP contribution in [0.1, 0.15) is 37.8 Å². The molecule has 0 aliphatic rings. The van der Waals surface area contributed by atoms with Gasteiger partial charge in [0.2, 0.25) is 0 Å². The molecule has 1 aromatic carbocycles. The Bertz CT molecular complexity index is 682. The van der Waals surface area contributed by atoms with E-state index >= 15 is 0 Å². The quantitative estimate of drug-likeness (QED) is 0.621. The maximum atomic E-state index is 12.6. The highest BCUT2D eigenvalue weighted by atomic mass is 79.9. The molecule has 6 heteroatoms. The standard InChI is InChI=1S/C18H21Br2N3O/c1-4-23(11-13-5-7-21-8-6-13)18(24)22-17-15(19)9-14(12(2)3)10-16(17)20/h5-10,12H,4,11H2,1-3H3,(H,22,24). The molecule has 0 aliphatic carbocycles. The Morgan fingerprint density at radius 1 is 1.21 bits per heavy atom. The van der Waals surface area contributed by atoms with Crippen molar-refractivity contribution in [3.63, 3.8) is 0 Å². The van der Waals surface area contributed by atoms with Gasteiger partial charge in [-0.15, -0.1) is 0 Å². The lowest BCUT2D eigenvalue weighted by molar-refractivity contribution is 0.212. The minimum absolute atomic E-state index is 0.131. The number of benzene rings is 1. The van der Waals surface area contributed by atoms with Gasteiger partial charge >= 0.3 is 6.03 Å². The number of halogens is 2. The fraction of sp³-hybridized carbons (Fsp3) is 0.333. The van der Waals surface area contributed by atoms with Crippen molar-refractivity contribution in [3.8, 4) is 0 Å². The smallest absolute Gasteiger partial charge is 0.320 e. The summed E-state index contributed by atoms with van der Waals surface area (Å²) < 4.78 is 1.74. The molecule has 128 valence electrons. The van der Waals surface area contributed by atoms with Crippen LogP contribution < -0.4 is 5.32 Å². The van der Waals surface area contributed by atoms with Crippen LogP contribution in [-0.4, -0.2) is 22.5 Å². The molecule has 0 radical (unpaired) electrons. The van der Waals surface area contributed by atoms with Gasteiger partial charge in [-0.3, -0.25) is 4.98 Å². The largest absolute Gasteiger partial charge is 0.322 e. The summed E-state index contributed by atoms with van der Waals surface area (Å²) in [5.74, 6) is 0.418. The summed E-state index contributed by atoms with van der Waals surface area (Å²) >= 11 is 7.12. The van der Waals surface area contributed by atoms with Crippen LogP contribution in [0.5, 0.6) is 0 Å². The van der Waals surface area contributed by atoms with Crippen molar-refractivity contribution in [1.82, 2.24) is 9.88 Å². The number of carbonyl (C=O) groups excluding carboxylic acids is 1. The van der Waals surface area contributed by atoms with E-state index < -0.39 is 0 Å². The number of urea groups is 1. The van der Waals surface area contributed by atoms with Crippen molar-refractivity contribution in [2.75, 3.05) is 11.9 Å². The van der Waals surface area contributed by atoms with Crippen LogP contribution in [0.25, 0.3) is 0 Å². The number of amides is 2. The van der Waals surface area contributed by atoms with Gasteiger partial charge in [0.1, 0.15) is 0 Å².